The Hall–Kier alpha value is -1.78. The summed E-state index contributed by atoms with van der Waals surface area (Å²) in [4.78, 5) is 12.7. The van der Waals surface area contributed by atoms with E-state index in [0.29, 0.717) is 30.9 Å². The van der Waals surface area contributed by atoms with Gasteiger partial charge in [0.1, 0.15) is 5.82 Å². The second kappa shape index (κ2) is 4.61. The van der Waals surface area contributed by atoms with Gasteiger partial charge in [0, 0.05) is 18.8 Å². The molecule has 0 amide bonds. The number of hydrogen-bond donors (Lipinski definition) is 2. The molecule has 0 saturated carbocycles. The smallest absolute Gasteiger partial charge is 0.308 e. The van der Waals surface area contributed by atoms with E-state index in [1.165, 1.54) is 6.07 Å². The van der Waals surface area contributed by atoms with Crippen LogP contribution in [0.15, 0.2) is 18.2 Å². The lowest BCUT2D eigenvalue weighted by atomic mass is 9.98. The topological polar surface area (TPSA) is 66.6 Å². The minimum absolute atomic E-state index is 0.357. The van der Waals surface area contributed by atoms with Gasteiger partial charge >= 0.3 is 5.97 Å². The number of hydrogen-bond acceptors (Lipinski definition) is 3. The molecule has 0 radical (unpaired) electrons. The van der Waals surface area contributed by atoms with Crippen LogP contribution in [0, 0.1) is 11.7 Å². The SMILES string of the molecule is Nc1ccc(N2CCC[C@@H](C(=O)O)C2)c(F)c1. The van der Waals surface area contributed by atoms with E-state index in [-0.39, 0.29) is 0 Å². The molecule has 0 aromatic heterocycles. The van der Waals surface area contributed by atoms with Crippen molar-refractivity contribution in [2.24, 2.45) is 5.92 Å². The third-order valence-corrected chi connectivity index (χ3v) is 3.08. The lowest BCUT2D eigenvalue weighted by molar-refractivity contribution is -0.141. The van der Waals surface area contributed by atoms with Crippen molar-refractivity contribution < 1.29 is 14.3 Å². The largest absolute Gasteiger partial charge is 0.481 e. The molecule has 3 N–H and O–H groups in total. The Morgan fingerprint density at radius 3 is 2.94 bits per heavy atom. The van der Waals surface area contributed by atoms with Gasteiger partial charge in [0.25, 0.3) is 0 Å². The second-order valence-corrected chi connectivity index (χ2v) is 4.33. The number of rotatable bonds is 2. The molecular weight excluding hydrogens is 223 g/mol. The van der Waals surface area contributed by atoms with Crippen LogP contribution in [-0.4, -0.2) is 24.2 Å². The van der Waals surface area contributed by atoms with Crippen LogP contribution in [0.3, 0.4) is 0 Å². The van der Waals surface area contributed by atoms with Crippen molar-refractivity contribution in [2.75, 3.05) is 23.7 Å². The molecule has 1 atom stereocenters. The van der Waals surface area contributed by atoms with Gasteiger partial charge in [-0.15, -0.1) is 0 Å². The van der Waals surface area contributed by atoms with Gasteiger partial charge < -0.3 is 15.7 Å². The summed E-state index contributed by atoms with van der Waals surface area (Å²) in [6, 6.07) is 4.50. The second-order valence-electron chi connectivity index (χ2n) is 4.33. The molecule has 1 heterocycles. The van der Waals surface area contributed by atoms with Gasteiger partial charge in [-0.3, -0.25) is 4.79 Å². The van der Waals surface area contributed by atoms with Crippen molar-refractivity contribution in [3.05, 3.63) is 24.0 Å². The molecule has 0 bridgehead atoms. The Kier molecular flexibility index (Phi) is 3.17. The summed E-state index contributed by atoms with van der Waals surface area (Å²) in [6.07, 6.45) is 1.42. The molecule has 1 saturated heterocycles. The van der Waals surface area contributed by atoms with Gasteiger partial charge in [0.05, 0.1) is 11.6 Å². The van der Waals surface area contributed by atoms with Gasteiger partial charge in [0.15, 0.2) is 0 Å². The fourth-order valence-electron chi connectivity index (χ4n) is 2.18. The molecule has 4 nitrogen and oxygen atoms in total. The number of nitrogens with two attached hydrogens (primary N) is 1. The number of anilines is 2. The van der Waals surface area contributed by atoms with Gasteiger partial charge in [-0.05, 0) is 31.0 Å². The van der Waals surface area contributed by atoms with Crippen LogP contribution >= 0.6 is 0 Å². The molecule has 17 heavy (non-hydrogen) atoms. The first-order chi connectivity index (χ1) is 8.08. The van der Waals surface area contributed by atoms with Crippen molar-refractivity contribution in [3.8, 4) is 0 Å². The van der Waals surface area contributed by atoms with Crippen LogP contribution in [0.5, 0.6) is 0 Å². The lowest BCUT2D eigenvalue weighted by Crippen LogP contribution is -2.39. The predicted octanol–water partition coefficient (Wildman–Crippen LogP) is 1.71. The van der Waals surface area contributed by atoms with Crippen molar-refractivity contribution in [1.82, 2.24) is 0 Å². The first-order valence-corrected chi connectivity index (χ1v) is 5.60. The maximum absolute atomic E-state index is 13.7. The summed E-state index contributed by atoms with van der Waals surface area (Å²) in [7, 11) is 0. The van der Waals surface area contributed by atoms with Crippen LogP contribution in [0.4, 0.5) is 15.8 Å². The first kappa shape index (κ1) is 11.7. The Morgan fingerprint density at radius 1 is 1.53 bits per heavy atom. The number of piperidine rings is 1. The fraction of sp³-hybridized carbons (Fsp3) is 0.417. The third-order valence-electron chi connectivity index (χ3n) is 3.08. The van der Waals surface area contributed by atoms with E-state index >= 15 is 0 Å². The molecule has 0 spiro atoms. The van der Waals surface area contributed by atoms with Crippen molar-refractivity contribution in [1.29, 1.82) is 0 Å². The first-order valence-electron chi connectivity index (χ1n) is 5.60. The van der Waals surface area contributed by atoms with Crippen LogP contribution in [-0.2, 0) is 4.79 Å². The van der Waals surface area contributed by atoms with E-state index in [2.05, 4.69) is 0 Å². The lowest BCUT2D eigenvalue weighted by Gasteiger charge is -2.32. The highest BCUT2D eigenvalue weighted by molar-refractivity contribution is 5.71. The van der Waals surface area contributed by atoms with Crippen molar-refractivity contribution in [3.63, 3.8) is 0 Å². The Bertz CT molecular complexity index is 437. The molecule has 1 aromatic carbocycles. The number of carboxylic acid groups (broad SMARTS) is 1. The van der Waals surface area contributed by atoms with E-state index < -0.39 is 17.7 Å². The highest BCUT2D eigenvalue weighted by Crippen LogP contribution is 2.26. The fourth-order valence-corrected chi connectivity index (χ4v) is 2.18. The Balaban J connectivity index is 2.19. The van der Waals surface area contributed by atoms with Crippen molar-refractivity contribution in [2.45, 2.75) is 12.8 Å². The number of carboxylic acids is 1. The molecule has 0 aliphatic carbocycles. The molecule has 5 heteroatoms. The van der Waals surface area contributed by atoms with E-state index in [9.17, 15) is 9.18 Å². The molecule has 0 unspecified atom stereocenters. The standard InChI is InChI=1S/C12H15FN2O2/c13-10-6-9(14)3-4-11(10)15-5-1-2-8(7-15)12(16)17/h3-4,6,8H,1-2,5,7,14H2,(H,16,17)/t8-/m1/s1. The molecule has 1 fully saturated rings. The average Bonchev–Trinajstić information content (AvgIpc) is 2.29. The highest BCUT2D eigenvalue weighted by Gasteiger charge is 2.26. The van der Waals surface area contributed by atoms with Gasteiger partial charge in [0.2, 0.25) is 0 Å². The maximum Gasteiger partial charge on any atom is 0.308 e. The molecule has 92 valence electrons. The van der Waals surface area contributed by atoms with Gasteiger partial charge in [-0.1, -0.05) is 0 Å². The van der Waals surface area contributed by atoms with Crippen LogP contribution in [0.2, 0.25) is 0 Å². The van der Waals surface area contributed by atoms with E-state index in [0.717, 1.165) is 6.42 Å². The zero-order chi connectivity index (χ0) is 12.4. The number of nitrogens with zero attached hydrogens (tertiary/aromatic N) is 1. The Morgan fingerprint density at radius 2 is 2.29 bits per heavy atom. The van der Waals surface area contributed by atoms with E-state index in [1.54, 1.807) is 17.0 Å². The average molecular weight is 238 g/mol. The molecule has 1 aliphatic rings. The number of halogens is 1. The summed E-state index contributed by atoms with van der Waals surface area (Å²) < 4.78 is 13.7. The third kappa shape index (κ3) is 2.49. The van der Waals surface area contributed by atoms with Crippen LogP contribution in [0.1, 0.15) is 12.8 Å². The maximum atomic E-state index is 13.7. The van der Waals surface area contributed by atoms with Crippen LogP contribution < -0.4 is 10.6 Å². The number of benzene rings is 1. The summed E-state index contributed by atoms with van der Waals surface area (Å²) in [6.45, 7) is 1.04. The van der Waals surface area contributed by atoms with Crippen LogP contribution in [0.25, 0.3) is 0 Å². The summed E-state index contributed by atoms with van der Waals surface area (Å²) >= 11 is 0. The number of nitrogen functional groups attached to an aromatic ring is 1. The van der Waals surface area contributed by atoms with Crippen molar-refractivity contribution >= 4 is 17.3 Å². The molecule has 1 aromatic rings. The summed E-state index contributed by atoms with van der Waals surface area (Å²) in [5.41, 5.74) is 6.29. The minimum atomic E-state index is -0.814. The number of carbonyl (C=O) groups is 1. The summed E-state index contributed by atoms with van der Waals surface area (Å²) in [5, 5.41) is 8.98. The monoisotopic (exact) mass is 238 g/mol. The quantitative estimate of drug-likeness (QED) is 0.770. The molecular formula is C12H15FN2O2. The zero-order valence-electron chi connectivity index (χ0n) is 9.40. The normalized spacial score (nSPS) is 20.3. The Labute approximate surface area is 98.8 Å². The van der Waals surface area contributed by atoms with Gasteiger partial charge in [-0.25, -0.2) is 4.39 Å². The number of aliphatic carboxylic acids is 1. The van der Waals surface area contributed by atoms with Gasteiger partial charge in [-0.2, -0.15) is 0 Å². The molecule has 2 rings (SSSR count). The zero-order valence-corrected chi connectivity index (χ0v) is 9.40. The minimum Gasteiger partial charge on any atom is -0.481 e. The predicted molar refractivity (Wildman–Crippen MR) is 63.4 cm³/mol. The molecule has 1 aliphatic heterocycles. The summed E-state index contributed by atoms with van der Waals surface area (Å²) in [5.74, 6) is -1.62. The van der Waals surface area contributed by atoms with E-state index in [1.807, 2.05) is 0 Å². The van der Waals surface area contributed by atoms with E-state index in [4.69, 9.17) is 10.8 Å². The highest BCUT2D eigenvalue weighted by atomic mass is 19.1.